The number of hydrogen-bond donors (Lipinski definition) is 2. The molecule has 1 fully saturated rings. The second-order valence-corrected chi connectivity index (χ2v) is 4.11. The third-order valence-corrected chi connectivity index (χ3v) is 3.06. The molecule has 0 aliphatic heterocycles. The van der Waals surface area contributed by atoms with Gasteiger partial charge in [0.05, 0.1) is 0 Å². The zero-order valence-corrected chi connectivity index (χ0v) is 8.92. The molecular formula is C12H16N2O. The highest BCUT2D eigenvalue weighted by Crippen LogP contribution is 2.26. The lowest BCUT2D eigenvalue weighted by atomic mass is 9.92. The number of carbonyl (C=O) groups is 1. The van der Waals surface area contributed by atoms with E-state index >= 15 is 0 Å². The maximum atomic E-state index is 11.1. The van der Waals surface area contributed by atoms with Crippen molar-refractivity contribution < 1.29 is 4.79 Å². The Kier molecular flexibility index (Phi) is 2.62. The van der Waals surface area contributed by atoms with Gasteiger partial charge in [0.25, 0.3) is 0 Å². The summed E-state index contributed by atoms with van der Waals surface area (Å²) in [5.41, 5.74) is 7.90. The minimum absolute atomic E-state index is 0.357. The molecule has 2 rings (SSSR count). The summed E-state index contributed by atoms with van der Waals surface area (Å²) in [5.74, 6) is -0.357. The van der Waals surface area contributed by atoms with Gasteiger partial charge in [-0.05, 0) is 43.9 Å². The van der Waals surface area contributed by atoms with E-state index in [0.717, 1.165) is 11.3 Å². The van der Waals surface area contributed by atoms with Crippen molar-refractivity contribution in [2.75, 3.05) is 5.32 Å². The van der Waals surface area contributed by atoms with Crippen molar-refractivity contribution >= 4 is 11.6 Å². The van der Waals surface area contributed by atoms with Crippen LogP contribution in [0, 0.1) is 6.92 Å². The summed E-state index contributed by atoms with van der Waals surface area (Å²) in [7, 11) is 0. The van der Waals surface area contributed by atoms with Crippen molar-refractivity contribution in [3.63, 3.8) is 0 Å². The molecule has 1 amide bonds. The molecule has 3 N–H and O–H groups in total. The van der Waals surface area contributed by atoms with Crippen LogP contribution in [0.4, 0.5) is 5.69 Å². The zero-order chi connectivity index (χ0) is 10.8. The van der Waals surface area contributed by atoms with Gasteiger partial charge in [-0.3, -0.25) is 4.79 Å². The van der Waals surface area contributed by atoms with E-state index in [1.165, 1.54) is 19.3 Å². The Morgan fingerprint density at radius 1 is 1.47 bits per heavy atom. The van der Waals surface area contributed by atoms with Gasteiger partial charge in [-0.25, -0.2) is 0 Å². The molecule has 0 spiro atoms. The Hall–Kier alpha value is -1.51. The van der Waals surface area contributed by atoms with Gasteiger partial charge >= 0.3 is 0 Å². The molecule has 1 aromatic rings. The number of benzene rings is 1. The highest BCUT2D eigenvalue weighted by molar-refractivity contribution is 5.95. The Morgan fingerprint density at radius 2 is 2.20 bits per heavy atom. The van der Waals surface area contributed by atoms with Crippen molar-refractivity contribution in [3.8, 4) is 0 Å². The predicted molar refractivity (Wildman–Crippen MR) is 61.0 cm³/mol. The monoisotopic (exact) mass is 204 g/mol. The van der Waals surface area contributed by atoms with Crippen molar-refractivity contribution in [3.05, 3.63) is 29.3 Å². The molecule has 3 heteroatoms. The van der Waals surface area contributed by atoms with Crippen LogP contribution in [0.15, 0.2) is 18.2 Å². The fourth-order valence-corrected chi connectivity index (χ4v) is 1.83. The van der Waals surface area contributed by atoms with Gasteiger partial charge in [-0.15, -0.1) is 0 Å². The number of anilines is 1. The number of nitrogens with two attached hydrogens (primary N) is 1. The average molecular weight is 204 g/mol. The molecule has 0 saturated heterocycles. The van der Waals surface area contributed by atoms with Gasteiger partial charge < -0.3 is 11.1 Å². The summed E-state index contributed by atoms with van der Waals surface area (Å²) in [6.45, 7) is 1.93. The number of primary amides is 1. The second-order valence-electron chi connectivity index (χ2n) is 4.11. The highest BCUT2D eigenvalue weighted by Gasteiger charge is 2.18. The first-order valence-electron chi connectivity index (χ1n) is 5.34. The van der Waals surface area contributed by atoms with Gasteiger partial charge in [0.15, 0.2) is 0 Å². The molecule has 0 aromatic heterocycles. The van der Waals surface area contributed by atoms with Gasteiger partial charge in [0, 0.05) is 17.3 Å². The van der Waals surface area contributed by atoms with Gasteiger partial charge in [-0.2, -0.15) is 0 Å². The largest absolute Gasteiger partial charge is 0.382 e. The molecule has 0 heterocycles. The third-order valence-electron chi connectivity index (χ3n) is 3.06. The van der Waals surface area contributed by atoms with E-state index in [4.69, 9.17) is 5.73 Å². The molecule has 0 unspecified atom stereocenters. The van der Waals surface area contributed by atoms with Crippen LogP contribution in [0.3, 0.4) is 0 Å². The van der Waals surface area contributed by atoms with Crippen LogP contribution in [0.1, 0.15) is 35.2 Å². The van der Waals surface area contributed by atoms with E-state index in [-0.39, 0.29) is 5.91 Å². The fraction of sp³-hybridized carbons (Fsp3) is 0.417. The molecule has 1 saturated carbocycles. The summed E-state index contributed by atoms with van der Waals surface area (Å²) in [5, 5.41) is 3.43. The van der Waals surface area contributed by atoms with E-state index in [1.807, 2.05) is 19.1 Å². The normalized spacial score (nSPS) is 15.8. The third kappa shape index (κ3) is 1.96. The summed E-state index contributed by atoms with van der Waals surface area (Å²) >= 11 is 0. The van der Waals surface area contributed by atoms with Crippen LogP contribution in [0.25, 0.3) is 0 Å². The number of amides is 1. The number of nitrogens with one attached hydrogen (secondary N) is 1. The quantitative estimate of drug-likeness (QED) is 0.791. The van der Waals surface area contributed by atoms with Crippen molar-refractivity contribution in [2.45, 2.75) is 32.2 Å². The molecule has 1 aromatic carbocycles. The maximum absolute atomic E-state index is 11.1. The molecule has 1 aliphatic rings. The second kappa shape index (κ2) is 3.93. The standard InChI is InChI=1S/C12H16N2O/c1-8-10(12(13)15)6-3-7-11(8)14-9-4-2-5-9/h3,6-7,9,14H,2,4-5H2,1H3,(H2,13,15). The molecule has 0 radical (unpaired) electrons. The van der Waals surface area contributed by atoms with Crippen molar-refractivity contribution in [2.24, 2.45) is 5.73 Å². The van der Waals surface area contributed by atoms with Crippen LogP contribution in [-0.4, -0.2) is 11.9 Å². The molecule has 3 nitrogen and oxygen atoms in total. The molecule has 0 atom stereocenters. The van der Waals surface area contributed by atoms with Crippen LogP contribution in [0.2, 0.25) is 0 Å². The first-order chi connectivity index (χ1) is 7.18. The Bertz CT molecular complexity index is 383. The lowest BCUT2D eigenvalue weighted by molar-refractivity contribution is 0.1000. The smallest absolute Gasteiger partial charge is 0.249 e. The minimum atomic E-state index is -0.357. The first kappa shape index (κ1) is 10.0. The fourth-order valence-electron chi connectivity index (χ4n) is 1.83. The lowest BCUT2D eigenvalue weighted by Crippen LogP contribution is -2.27. The predicted octanol–water partition coefficient (Wildman–Crippen LogP) is 2.06. The van der Waals surface area contributed by atoms with Gasteiger partial charge in [0.1, 0.15) is 0 Å². The van der Waals surface area contributed by atoms with Gasteiger partial charge in [0.2, 0.25) is 5.91 Å². The zero-order valence-electron chi connectivity index (χ0n) is 8.92. The SMILES string of the molecule is Cc1c(NC2CCC2)cccc1C(N)=O. The van der Waals surface area contributed by atoms with Crippen molar-refractivity contribution in [1.82, 2.24) is 0 Å². The molecule has 80 valence electrons. The average Bonchev–Trinajstić information content (AvgIpc) is 2.13. The van der Waals surface area contributed by atoms with E-state index in [1.54, 1.807) is 6.07 Å². The number of hydrogen-bond acceptors (Lipinski definition) is 2. The Labute approximate surface area is 89.7 Å². The summed E-state index contributed by atoms with van der Waals surface area (Å²) < 4.78 is 0. The van der Waals surface area contributed by atoms with E-state index in [9.17, 15) is 4.79 Å². The number of rotatable bonds is 3. The number of carbonyl (C=O) groups excluding carboxylic acids is 1. The summed E-state index contributed by atoms with van der Waals surface area (Å²) in [4.78, 5) is 11.1. The lowest BCUT2D eigenvalue weighted by Gasteiger charge is -2.28. The molecular weight excluding hydrogens is 188 g/mol. The first-order valence-corrected chi connectivity index (χ1v) is 5.34. The Morgan fingerprint density at radius 3 is 2.73 bits per heavy atom. The van der Waals surface area contributed by atoms with E-state index in [2.05, 4.69) is 5.32 Å². The van der Waals surface area contributed by atoms with Crippen molar-refractivity contribution in [1.29, 1.82) is 0 Å². The molecule has 1 aliphatic carbocycles. The van der Waals surface area contributed by atoms with E-state index in [0.29, 0.717) is 11.6 Å². The van der Waals surface area contributed by atoms with Gasteiger partial charge in [-0.1, -0.05) is 6.07 Å². The van der Waals surface area contributed by atoms with Crippen LogP contribution >= 0.6 is 0 Å². The Balaban J connectivity index is 2.22. The van der Waals surface area contributed by atoms with Crippen LogP contribution < -0.4 is 11.1 Å². The highest BCUT2D eigenvalue weighted by atomic mass is 16.1. The summed E-state index contributed by atoms with van der Waals surface area (Å²) in [6, 6.07) is 6.21. The summed E-state index contributed by atoms with van der Waals surface area (Å²) in [6.07, 6.45) is 3.74. The van der Waals surface area contributed by atoms with E-state index < -0.39 is 0 Å². The van der Waals surface area contributed by atoms with Crippen LogP contribution in [-0.2, 0) is 0 Å². The minimum Gasteiger partial charge on any atom is -0.382 e. The molecule has 15 heavy (non-hydrogen) atoms. The topological polar surface area (TPSA) is 55.1 Å². The van der Waals surface area contributed by atoms with Crippen LogP contribution in [0.5, 0.6) is 0 Å². The molecule has 0 bridgehead atoms. The maximum Gasteiger partial charge on any atom is 0.249 e.